The van der Waals surface area contributed by atoms with E-state index in [4.69, 9.17) is 25.6 Å². The Morgan fingerprint density at radius 1 is 1.12 bits per heavy atom. The van der Waals surface area contributed by atoms with Gasteiger partial charge < -0.3 is 14.2 Å². The molecule has 42 heavy (non-hydrogen) atoms. The molecule has 214 valence electrons. The smallest absolute Gasteiger partial charge is 0.338 e. The van der Waals surface area contributed by atoms with Gasteiger partial charge in [0.2, 0.25) is 0 Å². The van der Waals surface area contributed by atoms with E-state index in [1.54, 1.807) is 18.6 Å². The number of thiazole rings is 1. The summed E-state index contributed by atoms with van der Waals surface area (Å²) in [6, 6.07) is 19.0. The van der Waals surface area contributed by atoms with Crippen molar-refractivity contribution in [3.8, 4) is 18.1 Å². The molecule has 1 aliphatic rings. The van der Waals surface area contributed by atoms with Gasteiger partial charge in [-0.2, -0.15) is 0 Å². The van der Waals surface area contributed by atoms with Crippen LogP contribution in [-0.2, 0) is 14.3 Å². The average molecular weight is 581 g/mol. The third-order valence-electron chi connectivity index (χ3n) is 7.20. The maximum Gasteiger partial charge on any atom is 0.338 e. The average Bonchev–Trinajstić information content (AvgIpc) is 3.30. The van der Waals surface area contributed by atoms with Crippen molar-refractivity contribution in [2.75, 3.05) is 26.9 Å². The molecule has 0 bridgehead atoms. The molecule has 2 heterocycles. The van der Waals surface area contributed by atoms with Crippen LogP contribution in [0.5, 0.6) is 5.75 Å². The summed E-state index contributed by atoms with van der Waals surface area (Å²) in [5.74, 6) is 2.90. The van der Waals surface area contributed by atoms with E-state index in [1.807, 2.05) is 66.7 Å². The fourth-order valence-electron chi connectivity index (χ4n) is 5.06. The normalized spacial score (nSPS) is 15.0. The topological polar surface area (TPSA) is 79.1 Å². The first kappa shape index (κ1) is 29.1. The van der Waals surface area contributed by atoms with Gasteiger partial charge in [-0.05, 0) is 46.9 Å². The maximum absolute atomic E-state index is 14.2. The molecule has 5 rings (SSSR count). The molecule has 1 aromatic heterocycles. The van der Waals surface area contributed by atoms with Crippen molar-refractivity contribution in [2.24, 2.45) is 4.99 Å². The van der Waals surface area contributed by atoms with Crippen LogP contribution < -0.4 is 19.6 Å². The van der Waals surface area contributed by atoms with E-state index in [9.17, 15) is 9.59 Å². The van der Waals surface area contributed by atoms with Gasteiger partial charge in [-0.1, -0.05) is 85.7 Å². The Hall–Kier alpha value is -4.45. The van der Waals surface area contributed by atoms with Gasteiger partial charge in [-0.25, -0.2) is 9.79 Å². The minimum atomic E-state index is -0.704. The van der Waals surface area contributed by atoms with Crippen LogP contribution in [0.15, 0.2) is 81.7 Å². The van der Waals surface area contributed by atoms with Crippen LogP contribution in [0.1, 0.15) is 49.4 Å². The monoisotopic (exact) mass is 580 g/mol. The first-order chi connectivity index (χ1) is 20.3. The van der Waals surface area contributed by atoms with E-state index in [0.29, 0.717) is 32.3 Å². The number of nitrogens with zero attached hydrogens (tertiary/aromatic N) is 2. The minimum absolute atomic E-state index is 0.0943. The summed E-state index contributed by atoms with van der Waals surface area (Å²) >= 11 is 1.27. The first-order valence-corrected chi connectivity index (χ1v) is 14.5. The summed E-state index contributed by atoms with van der Waals surface area (Å²) in [6.45, 7) is 6.47. The van der Waals surface area contributed by atoms with Crippen LogP contribution >= 0.6 is 11.3 Å². The number of fused-ring (bicyclic) bond motifs is 2. The highest BCUT2D eigenvalue weighted by atomic mass is 32.1. The number of benzene rings is 3. The number of hydrogen-bond acceptors (Lipinski definition) is 7. The van der Waals surface area contributed by atoms with Crippen LogP contribution in [0.25, 0.3) is 16.8 Å². The number of esters is 1. The molecule has 1 unspecified atom stereocenters. The molecule has 4 aromatic rings. The summed E-state index contributed by atoms with van der Waals surface area (Å²) in [6.07, 6.45) is 7.29. The molecule has 0 saturated carbocycles. The highest BCUT2D eigenvalue weighted by Crippen LogP contribution is 2.32. The highest BCUT2D eigenvalue weighted by Gasteiger charge is 2.33. The zero-order valence-corrected chi connectivity index (χ0v) is 24.9. The van der Waals surface area contributed by atoms with Gasteiger partial charge in [0.25, 0.3) is 5.56 Å². The summed E-state index contributed by atoms with van der Waals surface area (Å²) in [4.78, 5) is 32.8. The third-order valence-corrected chi connectivity index (χ3v) is 8.18. The van der Waals surface area contributed by atoms with Gasteiger partial charge in [0, 0.05) is 12.7 Å². The molecular formula is C34H32N2O5S. The predicted octanol–water partition coefficient (Wildman–Crippen LogP) is 4.71. The van der Waals surface area contributed by atoms with Crippen molar-refractivity contribution in [3.63, 3.8) is 0 Å². The number of carbonyl (C=O) groups excluding carboxylic acids is 1. The molecular weight excluding hydrogens is 548 g/mol. The Labute approximate surface area is 248 Å². The van der Waals surface area contributed by atoms with Crippen molar-refractivity contribution in [1.29, 1.82) is 0 Å². The van der Waals surface area contributed by atoms with Crippen LogP contribution in [0, 0.1) is 12.3 Å². The van der Waals surface area contributed by atoms with Gasteiger partial charge in [-0.3, -0.25) is 9.36 Å². The van der Waals surface area contributed by atoms with Gasteiger partial charge >= 0.3 is 5.97 Å². The quantitative estimate of drug-likeness (QED) is 0.163. The van der Waals surface area contributed by atoms with Gasteiger partial charge in [-0.15, -0.1) is 6.42 Å². The Morgan fingerprint density at radius 2 is 1.88 bits per heavy atom. The number of methoxy groups -OCH3 is 1. The van der Waals surface area contributed by atoms with E-state index in [2.05, 4.69) is 19.8 Å². The number of hydrogen-bond donors (Lipinski definition) is 0. The molecule has 1 atom stereocenters. The van der Waals surface area contributed by atoms with Crippen molar-refractivity contribution in [2.45, 2.75) is 32.7 Å². The lowest BCUT2D eigenvalue weighted by Gasteiger charge is -2.25. The molecule has 7 nitrogen and oxygen atoms in total. The predicted molar refractivity (Wildman–Crippen MR) is 165 cm³/mol. The number of allylic oxidation sites excluding steroid dienone is 1. The number of rotatable bonds is 9. The van der Waals surface area contributed by atoms with Gasteiger partial charge in [0.15, 0.2) is 4.80 Å². The van der Waals surface area contributed by atoms with E-state index in [1.165, 1.54) is 11.3 Å². The fraction of sp³-hybridized carbons (Fsp3) is 0.265. The summed E-state index contributed by atoms with van der Waals surface area (Å²) < 4.78 is 18.5. The van der Waals surface area contributed by atoms with Crippen LogP contribution in [-0.4, -0.2) is 37.5 Å². The Kier molecular flexibility index (Phi) is 8.72. The molecule has 8 heteroatoms. The van der Waals surface area contributed by atoms with E-state index < -0.39 is 12.0 Å². The van der Waals surface area contributed by atoms with Crippen molar-refractivity contribution >= 4 is 34.2 Å². The van der Waals surface area contributed by atoms with Crippen LogP contribution in [0.3, 0.4) is 0 Å². The lowest BCUT2D eigenvalue weighted by molar-refractivity contribution is -0.140. The van der Waals surface area contributed by atoms with Crippen molar-refractivity contribution in [3.05, 3.63) is 108 Å². The van der Waals surface area contributed by atoms with E-state index in [0.717, 1.165) is 27.5 Å². The lowest BCUT2D eigenvalue weighted by atomic mass is 9.93. The SMILES string of the molecule is C#CCOc1ccc2ccccc2c1C=c1sc2n(c1=O)C(c1ccc(C(C)C)cc1)C(C(=O)OCCOC)=C(C)N=2. The molecule has 0 aliphatic carbocycles. The Balaban J connectivity index is 1.71. The van der Waals surface area contributed by atoms with E-state index >= 15 is 0 Å². The number of terminal acetylenes is 1. The number of carbonyl (C=O) groups is 1. The zero-order chi connectivity index (χ0) is 29.8. The minimum Gasteiger partial charge on any atom is -0.480 e. The molecule has 0 radical (unpaired) electrons. The second-order valence-electron chi connectivity index (χ2n) is 10.2. The summed E-state index contributed by atoms with van der Waals surface area (Å²) in [5.41, 5.74) is 3.27. The van der Waals surface area contributed by atoms with Crippen LogP contribution in [0.2, 0.25) is 0 Å². The van der Waals surface area contributed by atoms with E-state index in [-0.39, 0.29) is 25.4 Å². The highest BCUT2D eigenvalue weighted by molar-refractivity contribution is 7.07. The number of aromatic nitrogens is 1. The second kappa shape index (κ2) is 12.6. The zero-order valence-electron chi connectivity index (χ0n) is 24.0. The molecule has 0 spiro atoms. The van der Waals surface area contributed by atoms with Crippen molar-refractivity contribution < 1.29 is 19.0 Å². The molecule has 0 saturated heterocycles. The molecule has 3 aromatic carbocycles. The Bertz CT molecular complexity index is 1890. The second-order valence-corrected chi connectivity index (χ2v) is 11.2. The molecule has 0 amide bonds. The van der Waals surface area contributed by atoms with Crippen LogP contribution in [0.4, 0.5) is 0 Å². The van der Waals surface area contributed by atoms with Crippen molar-refractivity contribution in [1.82, 2.24) is 4.57 Å². The molecule has 0 N–H and O–H groups in total. The summed E-state index contributed by atoms with van der Waals surface area (Å²) in [7, 11) is 1.54. The molecule has 1 aliphatic heterocycles. The standard InChI is InChI=1S/C34H32N2O5S/c1-6-17-40-28-16-15-24-9-7-8-10-26(24)27(28)20-29-32(37)36-31(25-13-11-23(12-14-25)21(2)3)30(22(4)35-34(36)42-29)33(38)41-19-18-39-5/h1,7-16,20-21,31H,17-19H2,2-5H3. The largest absolute Gasteiger partial charge is 0.480 e. The lowest BCUT2D eigenvalue weighted by Crippen LogP contribution is -2.40. The summed E-state index contributed by atoms with van der Waals surface area (Å²) in [5, 5.41) is 1.93. The van der Waals surface area contributed by atoms with Gasteiger partial charge in [0.05, 0.1) is 28.5 Å². The maximum atomic E-state index is 14.2. The molecule has 0 fully saturated rings. The number of ether oxygens (including phenoxy) is 3. The first-order valence-electron chi connectivity index (χ1n) is 13.7. The van der Waals surface area contributed by atoms with Gasteiger partial charge in [0.1, 0.15) is 19.0 Å². The third kappa shape index (κ3) is 5.67. The Morgan fingerprint density at radius 3 is 2.60 bits per heavy atom. The fourth-order valence-corrected chi connectivity index (χ4v) is 6.09.